The summed E-state index contributed by atoms with van der Waals surface area (Å²) in [5.41, 5.74) is 6.54. The summed E-state index contributed by atoms with van der Waals surface area (Å²) < 4.78 is 8.99. The molecule has 4 heterocycles. The van der Waals surface area contributed by atoms with E-state index in [0.717, 1.165) is 80.1 Å². The van der Waals surface area contributed by atoms with E-state index in [2.05, 4.69) is 17.9 Å². The largest absolute Gasteiger partial charge is 0.479 e. The molecule has 2 fully saturated rings. The summed E-state index contributed by atoms with van der Waals surface area (Å²) >= 11 is 7.83. The van der Waals surface area contributed by atoms with Gasteiger partial charge in [-0.2, -0.15) is 5.10 Å². The molecule has 0 bridgehead atoms. The van der Waals surface area contributed by atoms with Crippen LogP contribution >= 0.6 is 22.9 Å². The van der Waals surface area contributed by atoms with E-state index < -0.39 is 17.7 Å². The summed E-state index contributed by atoms with van der Waals surface area (Å²) in [7, 11) is 1.97. The molecule has 5 aromatic rings. The fourth-order valence-electron chi connectivity index (χ4n) is 7.44. The molecular formula is C37H42ClN5O3S. The van der Waals surface area contributed by atoms with Crippen molar-refractivity contribution in [3.63, 3.8) is 0 Å². The van der Waals surface area contributed by atoms with E-state index >= 15 is 0 Å². The molecule has 0 radical (unpaired) electrons. The van der Waals surface area contributed by atoms with E-state index in [1.807, 2.05) is 76.0 Å². The molecule has 0 spiro atoms. The van der Waals surface area contributed by atoms with E-state index in [1.165, 1.54) is 19.3 Å². The van der Waals surface area contributed by atoms with Gasteiger partial charge < -0.3 is 9.84 Å². The molecule has 0 amide bonds. The molecule has 1 aliphatic heterocycles. The number of likely N-dealkylation sites (tertiary alicyclic amines) is 1. The molecule has 7 rings (SSSR count). The van der Waals surface area contributed by atoms with Gasteiger partial charge in [0.2, 0.25) is 0 Å². The second kappa shape index (κ2) is 11.9. The maximum Gasteiger partial charge on any atom is 0.337 e. The number of piperidine rings is 1. The van der Waals surface area contributed by atoms with Crippen molar-refractivity contribution >= 4 is 50.2 Å². The molecule has 0 unspecified atom stereocenters. The lowest BCUT2D eigenvalue weighted by molar-refractivity contribution is -0.160. The molecule has 1 aliphatic carbocycles. The van der Waals surface area contributed by atoms with E-state index in [9.17, 15) is 9.90 Å². The molecule has 1 N–H and O–H groups in total. The average Bonchev–Trinajstić information content (AvgIpc) is 3.58. The van der Waals surface area contributed by atoms with Crippen molar-refractivity contribution in [3.8, 4) is 21.7 Å². The Hall–Kier alpha value is -3.37. The van der Waals surface area contributed by atoms with Crippen LogP contribution in [-0.4, -0.2) is 60.0 Å². The fraction of sp³-hybridized carbons (Fsp3) is 0.459. The van der Waals surface area contributed by atoms with Gasteiger partial charge in [0.15, 0.2) is 11.8 Å². The second-order valence-electron chi connectivity index (χ2n) is 14.5. The number of aryl methyl sites for hydroxylation is 2. The van der Waals surface area contributed by atoms with E-state index in [4.69, 9.17) is 31.4 Å². The number of hydrogen-bond acceptors (Lipinski definition) is 7. The second-order valence-corrected chi connectivity index (χ2v) is 16.0. The van der Waals surface area contributed by atoms with Crippen molar-refractivity contribution in [2.24, 2.45) is 7.05 Å². The van der Waals surface area contributed by atoms with Gasteiger partial charge in [0.05, 0.1) is 21.5 Å². The molecule has 2 aliphatic rings. The maximum atomic E-state index is 12.7. The number of carbonyl (C=O) groups is 1. The highest BCUT2D eigenvalue weighted by Gasteiger charge is 2.40. The summed E-state index contributed by atoms with van der Waals surface area (Å²) in [6.07, 6.45) is 6.87. The van der Waals surface area contributed by atoms with Gasteiger partial charge >= 0.3 is 5.97 Å². The first-order valence-corrected chi connectivity index (χ1v) is 17.7. The van der Waals surface area contributed by atoms with Crippen molar-refractivity contribution in [2.45, 2.75) is 89.9 Å². The number of rotatable bonds is 7. The van der Waals surface area contributed by atoms with Crippen molar-refractivity contribution in [2.75, 3.05) is 13.1 Å². The number of pyridine rings is 1. The molecule has 47 heavy (non-hydrogen) atoms. The number of carboxylic acids is 1. The summed E-state index contributed by atoms with van der Waals surface area (Å²) in [6, 6.07) is 11.7. The van der Waals surface area contributed by atoms with Gasteiger partial charge in [0.25, 0.3) is 0 Å². The van der Waals surface area contributed by atoms with Gasteiger partial charge in [-0.05, 0) is 115 Å². The number of benzene rings is 2. The normalized spacial score (nSPS) is 18.1. The van der Waals surface area contributed by atoms with E-state index in [1.54, 1.807) is 11.3 Å². The Morgan fingerprint density at radius 2 is 1.83 bits per heavy atom. The maximum absolute atomic E-state index is 12.7. The average molecular weight is 672 g/mol. The highest BCUT2D eigenvalue weighted by molar-refractivity contribution is 7.22. The Bertz CT molecular complexity index is 1980. The number of aromatic nitrogens is 4. The third-order valence-corrected chi connectivity index (χ3v) is 11.4. The number of aliphatic carboxylic acids is 1. The fourth-order valence-corrected chi connectivity index (χ4v) is 8.68. The van der Waals surface area contributed by atoms with Crippen LogP contribution in [0.1, 0.15) is 88.6 Å². The minimum atomic E-state index is -1.16. The third kappa shape index (κ3) is 5.96. The summed E-state index contributed by atoms with van der Waals surface area (Å²) in [5.74, 6) is -0.641. The van der Waals surface area contributed by atoms with Gasteiger partial charge in [0.1, 0.15) is 5.01 Å². The number of thiazole rings is 1. The lowest BCUT2D eigenvalue weighted by Gasteiger charge is -2.50. The van der Waals surface area contributed by atoms with Crippen molar-refractivity contribution < 1.29 is 14.6 Å². The van der Waals surface area contributed by atoms with Crippen LogP contribution in [0.25, 0.3) is 42.9 Å². The molecule has 2 aromatic carbocycles. The Morgan fingerprint density at radius 1 is 1.13 bits per heavy atom. The standard InChI is InChI=1S/C37H42ClN5O3S/c1-21-18-27-32(29(22-8-10-25(38)11-9-22)28(21)31(35(44)45)46-36(2,3)4)47-34(40-27)24-19-26-30(41-42(6)33(26)39-20-24)23-12-16-43(17-13-23)37(5)14-7-15-37/h8-11,18-20,23,31H,7,12-17H2,1-6H3,(H,44,45)/t31-/m0/s1. The monoisotopic (exact) mass is 671 g/mol. The Morgan fingerprint density at radius 3 is 2.45 bits per heavy atom. The van der Waals surface area contributed by atoms with Gasteiger partial charge in [-0.15, -0.1) is 11.3 Å². The molecule has 10 heteroatoms. The molecule has 8 nitrogen and oxygen atoms in total. The summed E-state index contributed by atoms with van der Waals surface area (Å²) in [5, 5.41) is 17.9. The van der Waals surface area contributed by atoms with Gasteiger partial charge in [0, 0.05) is 51.8 Å². The Balaban J connectivity index is 1.32. The molecule has 1 saturated carbocycles. The number of ether oxygens (including phenoxy) is 1. The molecule has 1 saturated heterocycles. The van der Waals surface area contributed by atoms with Gasteiger partial charge in [-0.25, -0.2) is 14.8 Å². The number of halogens is 1. The SMILES string of the molecule is Cc1cc2nc(-c3cnc4c(c3)c(C3CCN(C5(C)CCC5)CC3)nn4C)sc2c(-c2ccc(Cl)cc2)c1[C@H](OC(C)(C)C)C(=O)O. The number of carboxylic acid groups (broad SMARTS) is 1. The third-order valence-electron chi connectivity index (χ3n) is 10.0. The van der Waals surface area contributed by atoms with Crippen LogP contribution in [0.2, 0.25) is 5.02 Å². The highest BCUT2D eigenvalue weighted by atomic mass is 35.5. The molecule has 3 aromatic heterocycles. The van der Waals surface area contributed by atoms with Crippen LogP contribution in [0.3, 0.4) is 0 Å². The zero-order chi connectivity index (χ0) is 33.2. The highest BCUT2D eigenvalue weighted by Crippen LogP contribution is 2.45. The van der Waals surface area contributed by atoms with Gasteiger partial charge in [-0.3, -0.25) is 9.58 Å². The van der Waals surface area contributed by atoms with Crippen LogP contribution in [0.5, 0.6) is 0 Å². The topological polar surface area (TPSA) is 93.4 Å². The van der Waals surface area contributed by atoms with E-state index in [0.29, 0.717) is 22.0 Å². The van der Waals surface area contributed by atoms with Crippen LogP contribution in [0.4, 0.5) is 0 Å². The molecule has 246 valence electrons. The Kier molecular flexibility index (Phi) is 8.18. The summed E-state index contributed by atoms with van der Waals surface area (Å²) in [4.78, 5) is 25.4. The number of hydrogen-bond donors (Lipinski definition) is 1. The summed E-state index contributed by atoms with van der Waals surface area (Å²) in [6.45, 7) is 12.2. The lowest BCUT2D eigenvalue weighted by Crippen LogP contribution is -2.53. The van der Waals surface area contributed by atoms with Crippen LogP contribution < -0.4 is 0 Å². The number of nitrogens with zero attached hydrogens (tertiary/aromatic N) is 5. The van der Waals surface area contributed by atoms with Crippen LogP contribution in [0.15, 0.2) is 42.6 Å². The van der Waals surface area contributed by atoms with E-state index in [-0.39, 0.29) is 0 Å². The predicted octanol–water partition coefficient (Wildman–Crippen LogP) is 8.94. The van der Waals surface area contributed by atoms with Crippen LogP contribution in [-0.2, 0) is 16.6 Å². The van der Waals surface area contributed by atoms with Gasteiger partial charge in [-0.1, -0.05) is 23.7 Å². The molecule has 1 atom stereocenters. The predicted molar refractivity (Wildman–Crippen MR) is 189 cm³/mol. The van der Waals surface area contributed by atoms with Crippen molar-refractivity contribution in [1.82, 2.24) is 24.6 Å². The van der Waals surface area contributed by atoms with Crippen LogP contribution in [0, 0.1) is 6.92 Å². The first-order chi connectivity index (χ1) is 22.3. The number of fused-ring (bicyclic) bond motifs is 2. The quantitative estimate of drug-likeness (QED) is 0.185. The minimum Gasteiger partial charge on any atom is -0.479 e. The zero-order valence-electron chi connectivity index (χ0n) is 27.9. The molecular weight excluding hydrogens is 630 g/mol. The lowest BCUT2D eigenvalue weighted by atomic mass is 9.75. The first kappa shape index (κ1) is 32.2. The van der Waals surface area contributed by atoms with Crippen molar-refractivity contribution in [1.29, 1.82) is 0 Å². The van der Waals surface area contributed by atoms with Crippen molar-refractivity contribution in [3.05, 3.63) is 64.4 Å². The first-order valence-electron chi connectivity index (χ1n) is 16.5. The minimum absolute atomic E-state index is 0.380. The smallest absolute Gasteiger partial charge is 0.337 e. The Labute approximate surface area is 284 Å². The zero-order valence-corrected chi connectivity index (χ0v) is 29.5.